The van der Waals surface area contributed by atoms with Crippen molar-refractivity contribution in [2.75, 3.05) is 18.8 Å². The van der Waals surface area contributed by atoms with Crippen LogP contribution in [0.2, 0.25) is 0 Å². The number of carbonyl (C=O) groups excluding carboxylic acids is 1. The second kappa shape index (κ2) is 7.61. The van der Waals surface area contributed by atoms with Gasteiger partial charge in [0, 0.05) is 27.2 Å². The van der Waals surface area contributed by atoms with Crippen molar-refractivity contribution in [2.24, 2.45) is 14.1 Å². The summed E-state index contributed by atoms with van der Waals surface area (Å²) in [4.78, 5) is 47.8. The summed E-state index contributed by atoms with van der Waals surface area (Å²) in [6.45, 7) is 3.29. The maximum atomic E-state index is 12.6. The van der Waals surface area contributed by atoms with Gasteiger partial charge in [0.2, 0.25) is 5.91 Å². The van der Waals surface area contributed by atoms with E-state index in [0.29, 0.717) is 16.5 Å². The Morgan fingerprint density at radius 3 is 2.35 bits per heavy atom. The average molecular weight is 377 g/mol. The summed E-state index contributed by atoms with van der Waals surface area (Å²) in [5, 5.41) is 0.737. The molecule has 0 bridgehead atoms. The van der Waals surface area contributed by atoms with Crippen molar-refractivity contribution in [1.82, 2.24) is 24.0 Å². The van der Waals surface area contributed by atoms with Crippen molar-refractivity contribution < 1.29 is 4.79 Å². The van der Waals surface area contributed by atoms with Gasteiger partial charge in [0.15, 0.2) is 5.65 Å². The molecule has 2 aromatic rings. The lowest BCUT2D eigenvalue weighted by Gasteiger charge is -2.20. The smallest absolute Gasteiger partial charge is 0.332 e. The van der Waals surface area contributed by atoms with Gasteiger partial charge < -0.3 is 4.90 Å². The molecule has 1 aliphatic rings. The van der Waals surface area contributed by atoms with Gasteiger partial charge in [0.25, 0.3) is 5.56 Å². The third kappa shape index (κ3) is 3.53. The number of nitrogens with zero attached hydrogens (tertiary/aromatic N) is 5. The number of likely N-dealkylation sites (tertiary alicyclic amines) is 1. The van der Waals surface area contributed by atoms with Gasteiger partial charge >= 0.3 is 5.69 Å². The fraction of sp³-hybridized carbons (Fsp3) is 0.588. The van der Waals surface area contributed by atoms with E-state index in [1.807, 2.05) is 4.90 Å². The summed E-state index contributed by atoms with van der Waals surface area (Å²) < 4.78 is 2.38. The lowest BCUT2D eigenvalue weighted by Crippen LogP contribution is -2.38. The van der Waals surface area contributed by atoms with E-state index in [-0.39, 0.29) is 17.0 Å². The van der Waals surface area contributed by atoms with Gasteiger partial charge in [-0.05, 0) is 19.8 Å². The zero-order valence-corrected chi connectivity index (χ0v) is 16.1. The van der Waals surface area contributed by atoms with Crippen molar-refractivity contribution in [3.8, 4) is 0 Å². The van der Waals surface area contributed by atoms with Gasteiger partial charge in [0.1, 0.15) is 16.2 Å². The fourth-order valence-corrected chi connectivity index (χ4v) is 4.14. The molecule has 1 aliphatic heterocycles. The maximum absolute atomic E-state index is 12.6. The number of carbonyl (C=O) groups is 1. The third-order valence-corrected chi connectivity index (χ3v) is 5.63. The molecule has 0 saturated carbocycles. The van der Waals surface area contributed by atoms with Gasteiger partial charge in [0.05, 0.1) is 5.75 Å². The van der Waals surface area contributed by atoms with Gasteiger partial charge in [-0.15, -0.1) is 0 Å². The van der Waals surface area contributed by atoms with Crippen LogP contribution in [0.5, 0.6) is 0 Å². The Balaban J connectivity index is 1.94. The van der Waals surface area contributed by atoms with Crippen molar-refractivity contribution >= 4 is 28.7 Å². The minimum atomic E-state index is -0.437. The summed E-state index contributed by atoms with van der Waals surface area (Å²) in [5.74, 6) is 0.741. The fourth-order valence-electron chi connectivity index (χ4n) is 3.18. The van der Waals surface area contributed by atoms with Crippen molar-refractivity contribution in [1.29, 1.82) is 0 Å². The molecule has 2 aromatic heterocycles. The molecule has 1 fully saturated rings. The second-order valence-corrected chi connectivity index (χ2v) is 7.53. The normalized spacial score (nSPS) is 15.3. The van der Waals surface area contributed by atoms with Gasteiger partial charge in [-0.1, -0.05) is 24.6 Å². The molecule has 3 heterocycles. The first-order chi connectivity index (χ1) is 12.4. The Labute approximate surface area is 155 Å². The third-order valence-electron chi connectivity index (χ3n) is 4.67. The minimum Gasteiger partial charge on any atom is -0.342 e. The molecule has 0 spiro atoms. The average Bonchev–Trinajstić information content (AvgIpc) is 2.91. The number of fused-ring (bicyclic) bond motifs is 1. The van der Waals surface area contributed by atoms with E-state index in [1.165, 1.54) is 23.4 Å². The highest BCUT2D eigenvalue weighted by molar-refractivity contribution is 8.00. The monoisotopic (exact) mass is 377 g/mol. The first kappa shape index (κ1) is 18.6. The Kier molecular flexibility index (Phi) is 5.45. The van der Waals surface area contributed by atoms with E-state index >= 15 is 0 Å². The van der Waals surface area contributed by atoms with Crippen LogP contribution in [0, 0.1) is 6.92 Å². The molecule has 140 valence electrons. The van der Waals surface area contributed by atoms with Crippen LogP contribution in [0.3, 0.4) is 0 Å². The molecule has 9 heteroatoms. The number of rotatable bonds is 3. The van der Waals surface area contributed by atoms with E-state index in [1.54, 1.807) is 14.0 Å². The van der Waals surface area contributed by atoms with Crippen LogP contribution < -0.4 is 11.2 Å². The van der Waals surface area contributed by atoms with E-state index in [2.05, 4.69) is 9.97 Å². The van der Waals surface area contributed by atoms with Crippen molar-refractivity contribution in [2.45, 2.75) is 37.6 Å². The molecule has 1 amide bonds. The molecule has 0 radical (unpaired) electrons. The molecular weight excluding hydrogens is 354 g/mol. The van der Waals surface area contributed by atoms with Gasteiger partial charge in [-0.25, -0.2) is 14.8 Å². The lowest BCUT2D eigenvalue weighted by molar-refractivity contribution is -0.128. The van der Waals surface area contributed by atoms with Gasteiger partial charge in [-0.3, -0.25) is 18.7 Å². The maximum Gasteiger partial charge on any atom is 0.332 e. The summed E-state index contributed by atoms with van der Waals surface area (Å²) in [7, 11) is 3.01. The van der Waals surface area contributed by atoms with Gasteiger partial charge in [-0.2, -0.15) is 0 Å². The predicted molar refractivity (Wildman–Crippen MR) is 101 cm³/mol. The Hall–Kier alpha value is -2.16. The number of amides is 1. The van der Waals surface area contributed by atoms with Crippen molar-refractivity contribution in [3.63, 3.8) is 0 Å². The number of hydrogen-bond acceptors (Lipinski definition) is 6. The Bertz CT molecular complexity index is 957. The molecule has 0 N–H and O–H groups in total. The highest BCUT2D eigenvalue weighted by atomic mass is 32.2. The number of aryl methyl sites for hydroxylation is 2. The number of hydrogen-bond donors (Lipinski definition) is 0. The topological polar surface area (TPSA) is 90.1 Å². The Morgan fingerprint density at radius 1 is 1.04 bits per heavy atom. The second-order valence-electron chi connectivity index (χ2n) is 6.56. The Morgan fingerprint density at radius 2 is 1.69 bits per heavy atom. The van der Waals surface area contributed by atoms with E-state index in [9.17, 15) is 14.4 Å². The molecule has 0 aliphatic carbocycles. The molecule has 8 nitrogen and oxygen atoms in total. The van der Waals surface area contributed by atoms with Crippen LogP contribution in [0.15, 0.2) is 14.6 Å². The minimum absolute atomic E-state index is 0.0583. The highest BCUT2D eigenvalue weighted by Gasteiger charge is 2.20. The highest BCUT2D eigenvalue weighted by Crippen LogP contribution is 2.23. The summed E-state index contributed by atoms with van der Waals surface area (Å²) in [6, 6.07) is 0. The van der Waals surface area contributed by atoms with E-state index < -0.39 is 11.2 Å². The SMILES string of the molecule is Cc1nc(SCC(=O)N2CCCCCC2)c2c(=O)n(C)c(=O)n(C)c2n1. The van der Waals surface area contributed by atoms with Crippen LogP contribution in [-0.2, 0) is 18.9 Å². The summed E-state index contributed by atoms with van der Waals surface area (Å²) >= 11 is 1.24. The molecule has 0 unspecified atom stereocenters. The van der Waals surface area contributed by atoms with E-state index in [0.717, 1.165) is 43.3 Å². The van der Waals surface area contributed by atoms with Crippen molar-refractivity contribution in [3.05, 3.63) is 26.7 Å². The standard InChI is InChI=1S/C17H23N5O3S/c1-11-18-14-13(16(24)21(3)17(25)20(14)2)15(19-11)26-10-12(23)22-8-6-4-5-7-9-22/h4-10H2,1-3H3. The largest absolute Gasteiger partial charge is 0.342 e. The molecule has 26 heavy (non-hydrogen) atoms. The first-order valence-corrected chi connectivity index (χ1v) is 9.73. The number of thioether (sulfide) groups is 1. The predicted octanol–water partition coefficient (Wildman–Crippen LogP) is 0.830. The van der Waals surface area contributed by atoms with Crippen LogP contribution in [0.25, 0.3) is 11.0 Å². The zero-order valence-electron chi connectivity index (χ0n) is 15.3. The van der Waals surface area contributed by atoms with Crippen LogP contribution in [0.4, 0.5) is 0 Å². The lowest BCUT2D eigenvalue weighted by atomic mass is 10.2. The first-order valence-electron chi connectivity index (χ1n) is 8.75. The molecule has 0 aromatic carbocycles. The van der Waals surface area contributed by atoms with Crippen LogP contribution in [0.1, 0.15) is 31.5 Å². The zero-order chi connectivity index (χ0) is 18.8. The quantitative estimate of drug-likeness (QED) is 0.581. The molecular formula is C17H23N5O3S. The van der Waals surface area contributed by atoms with Crippen LogP contribution >= 0.6 is 11.8 Å². The summed E-state index contributed by atoms with van der Waals surface area (Å²) in [5.41, 5.74) is -0.569. The molecule has 3 rings (SSSR count). The summed E-state index contributed by atoms with van der Waals surface area (Å²) in [6.07, 6.45) is 4.40. The molecule has 1 saturated heterocycles. The number of aromatic nitrogens is 4. The molecule has 0 atom stereocenters. The van der Waals surface area contributed by atoms with Crippen LogP contribution in [-0.4, -0.2) is 48.8 Å². The van der Waals surface area contributed by atoms with E-state index in [4.69, 9.17) is 0 Å².